The Labute approximate surface area is 353 Å². The number of rotatable bonds is 24. The monoisotopic (exact) mass is 793 g/mol. The largest absolute Gasteiger partial charge is 0.493 e. The van der Waals surface area contributed by atoms with Crippen molar-refractivity contribution in [2.75, 3.05) is 13.2 Å². The van der Waals surface area contributed by atoms with Crippen molar-refractivity contribution in [3.63, 3.8) is 0 Å². The number of hydrogen-bond acceptors (Lipinski definition) is 4. The van der Waals surface area contributed by atoms with Crippen LogP contribution in [0.3, 0.4) is 0 Å². The highest BCUT2D eigenvalue weighted by molar-refractivity contribution is 6.22. The number of unbranched alkanes of at least 4 members (excludes halogenated alkanes) is 18. The second kappa shape index (κ2) is 24.4. The average Bonchev–Trinajstić information content (AvgIpc) is 3.41. The van der Waals surface area contributed by atoms with E-state index in [0.29, 0.717) is 0 Å². The van der Waals surface area contributed by atoms with Gasteiger partial charge in [0, 0.05) is 33.8 Å². The van der Waals surface area contributed by atoms with Crippen molar-refractivity contribution < 1.29 is 19.1 Å². The van der Waals surface area contributed by atoms with Gasteiger partial charge in [0.05, 0.1) is 13.2 Å². The average molecular weight is 793 g/mol. The lowest BCUT2D eigenvalue weighted by molar-refractivity contribution is -0.115. The van der Waals surface area contributed by atoms with E-state index in [1.807, 2.05) is 0 Å². The molecule has 4 heteroatoms. The molecule has 6 rings (SSSR count). The molecule has 4 aliphatic rings. The maximum absolute atomic E-state index is 14.0. The third-order valence-electron chi connectivity index (χ3n) is 14.1. The van der Waals surface area contributed by atoms with Crippen LogP contribution < -0.4 is 9.47 Å². The van der Waals surface area contributed by atoms with Gasteiger partial charge in [-0.2, -0.15) is 0 Å². The van der Waals surface area contributed by atoms with Crippen LogP contribution in [0.25, 0.3) is 10.8 Å². The predicted molar refractivity (Wildman–Crippen MR) is 244 cm³/mol. The van der Waals surface area contributed by atoms with E-state index in [2.05, 4.69) is 26.0 Å². The quantitative estimate of drug-likeness (QED) is 0.0785. The second-order valence-electron chi connectivity index (χ2n) is 18.6. The van der Waals surface area contributed by atoms with Gasteiger partial charge in [-0.1, -0.05) is 168 Å². The standard InChI is InChI=1S/C54H80O4/c1-3-5-7-9-11-13-15-17-23-29-39-57-47-37-38-48(58-40-30-24-18-16-14-12-10-8-6-4-2)54-44-34-28-22-20-26-32-42-50(44)49-41(51-45(55)35-36-46(56)52(42)51)31-25-19-21-27-33-43(49)53(47)54/h35-38,41-42H,3-34,39-40H2,1-2H3. The van der Waals surface area contributed by atoms with Crippen LogP contribution in [0.5, 0.6) is 11.5 Å². The summed E-state index contributed by atoms with van der Waals surface area (Å²) in [7, 11) is 0. The van der Waals surface area contributed by atoms with Crippen molar-refractivity contribution >= 4 is 22.3 Å². The summed E-state index contributed by atoms with van der Waals surface area (Å²) < 4.78 is 13.8. The van der Waals surface area contributed by atoms with E-state index in [0.717, 1.165) is 100 Å². The Balaban J connectivity index is 1.31. The van der Waals surface area contributed by atoms with E-state index in [4.69, 9.17) is 9.47 Å². The summed E-state index contributed by atoms with van der Waals surface area (Å²) in [6.07, 6.45) is 42.4. The first-order valence-corrected chi connectivity index (χ1v) is 25.1. The first-order chi connectivity index (χ1) is 28.7. The van der Waals surface area contributed by atoms with Crippen molar-refractivity contribution in [3.8, 4) is 11.5 Å². The summed E-state index contributed by atoms with van der Waals surface area (Å²) in [5.41, 5.74) is 7.27. The minimum atomic E-state index is -0.0225. The minimum Gasteiger partial charge on any atom is -0.493 e. The molecule has 0 heterocycles. The van der Waals surface area contributed by atoms with Gasteiger partial charge in [0.2, 0.25) is 0 Å². The summed E-state index contributed by atoms with van der Waals surface area (Å²) in [5, 5.41) is 2.53. The number of allylic oxidation sites excluding steroid dienone is 4. The summed E-state index contributed by atoms with van der Waals surface area (Å²) in [6, 6.07) is 4.45. The highest BCUT2D eigenvalue weighted by Gasteiger charge is 2.44. The van der Waals surface area contributed by atoms with Gasteiger partial charge in [0.1, 0.15) is 11.5 Å². The lowest BCUT2D eigenvalue weighted by Gasteiger charge is -2.40. The van der Waals surface area contributed by atoms with Crippen molar-refractivity contribution in [2.24, 2.45) is 0 Å². The fourth-order valence-electron chi connectivity index (χ4n) is 11.0. The number of benzene rings is 2. The van der Waals surface area contributed by atoms with Gasteiger partial charge in [-0.25, -0.2) is 0 Å². The summed E-state index contributed by atoms with van der Waals surface area (Å²) in [5.74, 6) is 2.11. The predicted octanol–water partition coefficient (Wildman–Crippen LogP) is 15.6. The van der Waals surface area contributed by atoms with E-state index in [1.165, 1.54) is 174 Å². The number of fused-ring (bicyclic) bond motifs is 5. The number of ketones is 2. The van der Waals surface area contributed by atoms with Crippen LogP contribution in [-0.2, 0) is 22.4 Å². The summed E-state index contributed by atoms with van der Waals surface area (Å²) in [6.45, 7) is 6.05. The van der Waals surface area contributed by atoms with Crippen LogP contribution in [-0.4, -0.2) is 24.8 Å². The fraction of sp³-hybridized carbons (Fsp3) is 0.704. The Kier molecular flexibility index (Phi) is 18.8. The molecule has 2 atom stereocenters. The van der Waals surface area contributed by atoms with E-state index in [-0.39, 0.29) is 23.4 Å². The van der Waals surface area contributed by atoms with Crippen LogP contribution in [0.2, 0.25) is 0 Å². The maximum Gasteiger partial charge on any atom is 0.183 e. The molecule has 0 aliphatic heterocycles. The summed E-state index contributed by atoms with van der Waals surface area (Å²) >= 11 is 0. The van der Waals surface area contributed by atoms with Crippen molar-refractivity contribution in [3.05, 3.63) is 57.7 Å². The molecule has 0 spiro atoms. The van der Waals surface area contributed by atoms with E-state index in [9.17, 15) is 9.59 Å². The molecule has 4 aliphatic carbocycles. The minimum absolute atomic E-state index is 0.0225. The Morgan fingerprint density at radius 2 is 0.793 bits per heavy atom. The van der Waals surface area contributed by atoms with Crippen LogP contribution >= 0.6 is 0 Å². The molecular weight excluding hydrogens is 713 g/mol. The third kappa shape index (κ3) is 11.7. The molecule has 0 saturated carbocycles. The highest BCUT2D eigenvalue weighted by atomic mass is 16.5. The van der Waals surface area contributed by atoms with Gasteiger partial charge in [-0.15, -0.1) is 0 Å². The third-order valence-corrected chi connectivity index (χ3v) is 14.1. The summed E-state index contributed by atoms with van der Waals surface area (Å²) in [4.78, 5) is 28.0. The molecule has 2 aromatic carbocycles. The Morgan fingerprint density at radius 1 is 0.448 bits per heavy atom. The maximum atomic E-state index is 14.0. The zero-order chi connectivity index (χ0) is 40.4. The van der Waals surface area contributed by atoms with E-state index in [1.54, 1.807) is 12.2 Å². The molecule has 0 fully saturated rings. The topological polar surface area (TPSA) is 52.6 Å². The first kappa shape index (κ1) is 44.7. The molecule has 0 N–H and O–H groups in total. The highest BCUT2D eigenvalue weighted by Crippen LogP contribution is 2.56. The second-order valence-corrected chi connectivity index (χ2v) is 18.6. The Bertz CT molecular complexity index is 1560. The van der Waals surface area contributed by atoms with Gasteiger partial charge in [0.25, 0.3) is 0 Å². The molecule has 2 unspecified atom stereocenters. The molecule has 4 nitrogen and oxygen atoms in total. The first-order valence-electron chi connectivity index (χ1n) is 25.1. The smallest absolute Gasteiger partial charge is 0.183 e. The lowest BCUT2D eigenvalue weighted by atomic mass is 9.63. The Hall–Kier alpha value is -2.88. The zero-order valence-corrected chi connectivity index (χ0v) is 37.1. The molecule has 0 aromatic heterocycles. The van der Waals surface area contributed by atoms with Crippen molar-refractivity contribution in [2.45, 2.75) is 231 Å². The Morgan fingerprint density at radius 3 is 1.17 bits per heavy atom. The van der Waals surface area contributed by atoms with Crippen molar-refractivity contribution in [1.82, 2.24) is 0 Å². The molecule has 0 bridgehead atoms. The molecule has 0 saturated heterocycles. The number of aryl methyl sites for hydroxylation is 2. The van der Waals surface area contributed by atoms with Gasteiger partial charge < -0.3 is 9.47 Å². The van der Waals surface area contributed by atoms with Crippen LogP contribution in [0.4, 0.5) is 0 Å². The van der Waals surface area contributed by atoms with Gasteiger partial charge >= 0.3 is 0 Å². The van der Waals surface area contributed by atoms with Gasteiger partial charge in [-0.05, 0) is 97.9 Å². The van der Waals surface area contributed by atoms with Gasteiger partial charge in [0.15, 0.2) is 11.6 Å². The molecule has 58 heavy (non-hydrogen) atoms. The number of carbonyl (C=O) groups is 2. The van der Waals surface area contributed by atoms with Crippen LogP contribution in [0.15, 0.2) is 35.4 Å². The van der Waals surface area contributed by atoms with Crippen molar-refractivity contribution in [1.29, 1.82) is 0 Å². The van der Waals surface area contributed by atoms with Gasteiger partial charge in [-0.3, -0.25) is 9.59 Å². The van der Waals surface area contributed by atoms with Crippen LogP contribution in [0.1, 0.15) is 241 Å². The number of hydrogen-bond donors (Lipinski definition) is 0. The molecule has 320 valence electrons. The van der Waals surface area contributed by atoms with Crippen LogP contribution in [0, 0.1) is 0 Å². The molecule has 0 radical (unpaired) electrons. The molecular formula is C54H80O4. The number of carbonyl (C=O) groups excluding carboxylic acids is 2. The van der Waals surface area contributed by atoms with E-state index >= 15 is 0 Å². The van der Waals surface area contributed by atoms with E-state index < -0.39 is 0 Å². The normalized spacial score (nSPS) is 19.5. The zero-order valence-electron chi connectivity index (χ0n) is 37.1. The molecule has 2 aromatic rings. The molecule has 0 amide bonds. The SMILES string of the molecule is CCCCCCCCCCCCOc1ccc(OCCCCCCCCCCCC)c2c3c4c5c(c12)CCCCCCC5C1=C(C(=O)C=CC1=O)C4CCCCCC3. The fourth-order valence-corrected chi connectivity index (χ4v) is 11.0. The number of ether oxygens (including phenoxy) is 2. The lowest BCUT2D eigenvalue weighted by Crippen LogP contribution is -2.31.